The second-order valence-corrected chi connectivity index (χ2v) is 7.91. The van der Waals surface area contributed by atoms with Crippen LogP contribution in [0.15, 0.2) is 47.3 Å². The van der Waals surface area contributed by atoms with Crippen molar-refractivity contribution in [1.29, 1.82) is 0 Å². The van der Waals surface area contributed by atoms with Crippen LogP contribution in [0.1, 0.15) is 31.2 Å². The van der Waals surface area contributed by atoms with E-state index in [1.807, 2.05) is 36.4 Å². The number of carbonyl (C=O) groups excluding carboxylic acids is 1. The van der Waals surface area contributed by atoms with Gasteiger partial charge in [0.25, 0.3) is 5.56 Å². The highest BCUT2D eigenvalue weighted by atomic mass is 32.1. The molecule has 0 aliphatic rings. The predicted molar refractivity (Wildman–Crippen MR) is 128 cm³/mol. The zero-order valence-electron chi connectivity index (χ0n) is 18.5. The average molecular weight is 456 g/mol. The van der Waals surface area contributed by atoms with Crippen molar-refractivity contribution in [1.82, 2.24) is 14.9 Å². The van der Waals surface area contributed by atoms with E-state index in [1.54, 1.807) is 24.9 Å². The quantitative estimate of drug-likeness (QED) is 0.337. The number of carbonyl (C=O) groups is 1. The summed E-state index contributed by atoms with van der Waals surface area (Å²) in [6.07, 6.45) is 3.53. The zero-order chi connectivity index (χ0) is 22.9. The van der Waals surface area contributed by atoms with Crippen LogP contribution in [0.3, 0.4) is 0 Å². The summed E-state index contributed by atoms with van der Waals surface area (Å²) in [4.78, 5) is 27.9. The number of nitrogens with one attached hydrogen (secondary N) is 2. The molecule has 3 aromatic rings. The number of hydrogen-bond acceptors (Lipinski definition) is 5. The Morgan fingerprint density at radius 1 is 1.09 bits per heavy atom. The Hall–Kier alpha value is -3.13. The molecule has 32 heavy (non-hydrogen) atoms. The van der Waals surface area contributed by atoms with Gasteiger partial charge in [-0.1, -0.05) is 24.6 Å². The lowest BCUT2D eigenvalue weighted by Crippen LogP contribution is -2.25. The molecule has 7 nitrogen and oxygen atoms in total. The summed E-state index contributed by atoms with van der Waals surface area (Å²) in [6, 6.07) is 13.0. The van der Waals surface area contributed by atoms with Gasteiger partial charge in [0.1, 0.15) is 11.5 Å². The molecule has 2 aromatic carbocycles. The van der Waals surface area contributed by atoms with Crippen molar-refractivity contribution < 1.29 is 14.3 Å². The molecule has 0 saturated heterocycles. The molecule has 170 valence electrons. The molecule has 0 unspecified atom stereocenters. The normalized spacial score (nSPS) is 10.8. The highest BCUT2D eigenvalue weighted by Crippen LogP contribution is 2.24. The van der Waals surface area contributed by atoms with Crippen LogP contribution in [0.4, 0.5) is 0 Å². The van der Waals surface area contributed by atoms with E-state index in [9.17, 15) is 9.59 Å². The van der Waals surface area contributed by atoms with Crippen molar-refractivity contribution in [3.05, 3.63) is 63.2 Å². The first-order valence-corrected chi connectivity index (χ1v) is 11.1. The molecule has 1 amide bonds. The van der Waals surface area contributed by atoms with E-state index in [1.165, 1.54) is 0 Å². The van der Waals surface area contributed by atoms with E-state index < -0.39 is 0 Å². The van der Waals surface area contributed by atoms with Gasteiger partial charge in [0.2, 0.25) is 5.91 Å². The summed E-state index contributed by atoms with van der Waals surface area (Å²) in [5.41, 5.74) is 1.70. The molecule has 1 aromatic heterocycles. The molecule has 0 saturated carbocycles. The fourth-order valence-corrected chi connectivity index (χ4v) is 3.90. The van der Waals surface area contributed by atoms with E-state index in [0.29, 0.717) is 36.1 Å². The Kier molecular flexibility index (Phi) is 8.44. The van der Waals surface area contributed by atoms with E-state index in [-0.39, 0.29) is 11.5 Å². The second-order valence-electron chi connectivity index (χ2n) is 7.52. The van der Waals surface area contributed by atoms with Crippen molar-refractivity contribution in [2.75, 3.05) is 20.8 Å². The van der Waals surface area contributed by atoms with Crippen LogP contribution in [0.25, 0.3) is 10.9 Å². The van der Waals surface area contributed by atoms with Crippen LogP contribution in [0.2, 0.25) is 0 Å². The molecule has 0 aliphatic carbocycles. The Labute approximate surface area is 192 Å². The van der Waals surface area contributed by atoms with Gasteiger partial charge in [-0.05, 0) is 55.2 Å². The third-order valence-corrected chi connectivity index (χ3v) is 5.71. The first kappa shape index (κ1) is 23.5. The summed E-state index contributed by atoms with van der Waals surface area (Å²) in [5.74, 6) is 1.51. The van der Waals surface area contributed by atoms with E-state index in [2.05, 4.69) is 10.3 Å². The van der Waals surface area contributed by atoms with Crippen LogP contribution >= 0.6 is 12.2 Å². The number of aromatic nitrogens is 2. The largest absolute Gasteiger partial charge is 0.497 e. The van der Waals surface area contributed by atoms with Crippen LogP contribution in [-0.2, 0) is 17.8 Å². The number of methoxy groups -OCH3 is 2. The maximum Gasteiger partial charge on any atom is 0.262 e. The molecular formula is C24H29N3O4S. The van der Waals surface area contributed by atoms with Gasteiger partial charge in [0, 0.05) is 25.6 Å². The summed E-state index contributed by atoms with van der Waals surface area (Å²) in [7, 11) is 3.24. The maximum absolute atomic E-state index is 12.6. The minimum Gasteiger partial charge on any atom is -0.497 e. The SMILES string of the molecule is COc1ccc(CCNC(=O)CCCCCn2c(=S)[nH]c3ccccc3c2=O)c(OC)c1. The zero-order valence-corrected chi connectivity index (χ0v) is 19.3. The lowest BCUT2D eigenvalue weighted by molar-refractivity contribution is -0.121. The van der Waals surface area contributed by atoms with Gasteiger partial charge >= 0.3 is 0 Å². The van der Waals surface area contributed by atoms with Crippen LogP contribution in [0.5, 0.6) is 11.5 Å². The summed E-state index contributed by atoms with van der Waals surface area (Å²) < 4.78 is 12.6. The smallest absolute Gasteiger partial charge is 0.262 e. The molecule has 1 heterocycles. The fourth-order valence-electron chi connectivity index (χ4n) is 3.62. The number of benzene rings is 2. The van der Waals surface area contributed by atoms with E-state index in [4.69, 9.17) is 21.7 Å². The van der Waals surface area contributed by atoms with Gasteiger partial charge < -0.3 is 19.8 Å². The number of amides is 1. The maximum atomic E-state index is 12.6. The molecule has 0 atom stereocenters. The van der Waals surface area contributed by atoms with Crippen molar-refractivity contribution in [3.8, 4) is 11.5 Å². The number of nitrogens with zero attached hydrogens (tertiary/aromatic N) is 1. The standard InChI is InChI=1S/C24H29N3O4S/c1-30-18-12-11-17(21(16-18)31-2)13-14-25-22(28)10-4-3-7-15-27-23(29)19-8-5-6-9-20(19)26-24(27)32/h5-6,8-9,11-12,16H,3-4,7,10,13-15H2,1-2H3,(H,25,28)(H,26,32). The Bertz CT molecular complexity index is 1190. The molecule has 2 N–H and O–H groups in total. The third kappa shape index (κ3) is 5.97. The fraction of sp³-hybridized carbons (Fsp3) is 0.375. The van der Waals surface area contributed by atoms with Gasteiger partial charge in [-0.2, -0.15) is 0 Å². The topological polar surface area (TPSA) is 85.4 Å². The molecule has 8 heteroatoms. The molecule has 0 fully saturated rings. The van der Waals surface area contributed by atoms with Gasteiger partial charge in [0.15, 0.2) is 4.77 Å². The Balaban J connectivity index is 1.39. The summed E-state index contributed by atoms with van der Waals surface area (Å²) in [6.45, 7) is 1.08. The van der Waals surface area contributed by atoms with E-state index >= 15 is 0 Å². The van der Waals surface area contributed by atoms with Crippen LogP contribution < -0.4 is 20.3 Å². The third-order valence-electron chi connectivity index (χ3n) is 5.39. The molecule has 3 rings (SSSR count). The Morgan fingerprint density at radius 3 is 2.69 bits per heavy atom. The minimum absolute atomic E-state index is 0.0256. The molecule has 0 bridgehead atoms. The lowest BCUT2D eigenvalue weighted by Gasteiger charge is -2.11. The number of unbranched alkanes of at least 4 members (excludes halogenated alkanes) is 2. The van der Waals surface area contributed by atoms with Gasteiger partial charge in [-0.15, -0.1) is 0 Å². The lowest BCUT2D eigenvalue weighted by atomic mass is 10.1. The van der Waals surface area contributed by atoms with E-state index in [0.717, 1.165) is 41.8 Å². The predicted octanol–water partition coefficient (Wildman–Crippen LogP) is 4.00. The molecular weight excluding hydrogens is 426 g/mol. The highest BCUT2D eigenvalue weighted by molar-refractivity contribution is 7.71. The van der Waals surface area contributed by atoms with Crippen molar-refractivity contribution >= 4 is 29.0 Å². The van der Waals surface area contributed by atoms with Crippen molar-refractivity contribution in [2.45, 2.75) is 38.6 Å². The first-order valence-electron chi connectivity index (χ1n) is 10.7. The molecule has 0 radical (unpaired) electrons. The number of ether oxygens (including phenoxy) is 2. The average Bonchev–Trinajstić information content (AvgIpc) is 2.80. The molecule has 0 spiro atoms. The van der Waals surface area contributed by atoms with Crippen molar-refractivity contribution in [2.24, 2.45) is 0 Å². The first-order chi connectivity index (χ1) is 15.5. The second kappa shape index (κ2) is 11.5. The van der Waals surface area contributed by atoms with Gasteiger partial charge in [0.05, 0.1) is 25.1 Å². The number of H-pyrrole nitrogens is 1. The summed E-state index contributed by atoms with van der Waals surface area (Å²) in [5, 5.41) is 3.59. The van der Waals surface area contributed by atoms with Gasteiger partial charge in [-0.25, -0.2) is 0 Å². The van der Waals surface area contributed by atoms with Gasteiger partial charge in [-0.3, -0.25) is 14.2 Å². The number of hydrogen-bond donors (Lipinski definition) is 2. The number of rotatable bonds is 11. The summed E-state index contributed by atoms with van der Waals surface area (Å²) >= 11 is 5.33. The monoisotopic (exact) mass is 455 g/mol. The number of aromatic amines is 1. The van der Waals surface area contributed by atoms with Crippen LogP contribution in [0, 0.1) is 4.77 Å². The van der Waals surface area contributed by atoms with Crippen molar-refractivity contribution in [3.63, 3.8) is 0 Å². The Morgan fingerprint density at radius 2 is 1.91 bits per heavy atom. The van der Waals surface area contributed by atoms with Crippen LogP contribution in [-0.4, -0.2) is 36.2 Å². The molecule has 0 aliphatic heterocycles. The number of fused-ring (bicyclic) bond motifs is 1. The number of para-hydroxylation sites is 1. The minimum atomic E-state index is -0.0731. The highest BCUT2D eigenvalue weighted by Gasteiger charge is 2.08.